The molecule has 0 unspecified atom stereocenters. The average Bonchev–Trinajstić information content (AvgIpc) is 2.67. The van der Waals surface area contributed by atoms with Gasteiger partial charge in [-0.25, -0.2) is 9.78 Å². The fourth-order valence-corrected chi connectivity index (χ4v) is 1.38. The number of rotatable bonds is 0. The lowest BCUT2D eigenvalue weighted by atomic mass is 10.5. The third-order valence-electron chi connectivity index (χ3n) is 2.20. The average molecular weight is 205 g/mol. The topological polar surface area (TPSA) is 96.5 Å². The molecule has 2 aromatic heterocycles. The number of aromatic nitrogens is 4. The summed E-state index contributed by atoms with van der Waals surface area (Å²) < 4.78 is 2.18. The molecule has 2 aromatic rings. The second kappa shape index (κ2) is 2.81. The van der Waals surface area contributed by atoms with Gasteiger partial charge in [0.1, 0.15) is 6.07 Å². The van der Waals surface area contributed by atoms with Crippen molar-refractivity contribution in [2.75, 3.05) is 0 Å². The largest absolute Gasteiger partial charge is 0.332 e. The first-order chi connectivity index (χ1) is 7.06. The zero-order chi connectivity index (χ0) is 11.2. The van der Waals surface area contributed by atoms with Gasteiger partial charge in [0, 0.05) is 14.1 Å². The van der Waals surface area contributed by atoms with Crippen molar-refractivity contribution in [1.29, 1.82) is 5.26 Å². The minimum Gasteiger partial charge on any atom is -0.324 e. The lowest BCUT2D eigenvalue weighted by molar-refractivity contribution is 0.708. The van der Waals surface area contributed by atoms with Crippen LogP contribution in [0.4, 0.5) is 0 Å². The minimum atomic E-state index is -0.484. The number of nitriles is 1. The fourth-order valence-electron chi connectivity index (χ4n) is 1.38. The second-order valence-electron chi connectivity index (χ2n) is 3.10. The molecule has 0 spiro atoms. The van der Waals surface area contributed by atoms with Crippen LogP contribution in [0.5, 0.6) is 0 Å². The van der Waals surface area contributed by atoms with Gasteiger partial charge in [-0.1, -0.05) is 0 Å². The highest BCUT2D eigenvalue weighted by atomic mass is 16.2. The SMILES string of the molecule is Cn1c(=O)c2[nH]c(C#N)nc2n(C)c1=O. The van der Waals surface area contributed by atoms with Gasteiger partial charge in [0.15, 0.2) is 11.2 Å². The summed E-state index contributed by atoms with van der Waals surface area (Å²) >= 11 is 0. The Morgan fingerprint density at radius 3 is 2.60 bits per heavy atom. The van der Waals surface area contributed by atoms with Crippen LogP contribution in [0.1, 0.15) is 5.82 Å². The van der Waals surface area contributed by atoms with Crippen LogP contribution >= 0.6 is 0 Å². The molecule has 0 aliphatic rings. The molecule has 7 heteroatoms. The number of nitrogens with one attached hydrogen (secondary N) is 1. The standard InChI is InChI=1S/C8H7N5O2/c1-12-6-5(10-4(3-9)11-6)7(14)13(2)8(12)15/h1-2H3,(H,10,11). The maximum absolute atomic E-state index is 11.6. The third-order valence-corrected chi connectivity index (χ3v) is 2.20. The van der Waals surface area contributed by atoms with E-state index in [0.29, 0.717) is 0 Å². The van der Waals surface area contributed by atoms with E-state index < -0.39 is 11.2 Å². The van der Waals surface area contributed by atoms with Crippen LogP contribution in [-0.4, -0.2) is 19.1 Å². The van der Waals surface area contributed by atoms with E-state index in [-0.39, 0.29) is 17.0 Å². The lowest BCUT2D eigenvalue weighted by Gasteiger charge is -2.00. The molecule has 0 saturated heterocycles. The van der Waals surface area contributed by atoms with Gasteiger partial charge >= 0.3 is 5.69 Å². The number of nitrogens with zero attached hydrogens (tertiary/aromatic N) is 4. The van der Waals surface area contributed by atoms with Gasteiger partial charge in [-0.2, -0.15) is 5.26 Å². The summed E-state index contributed by atoms with van der Waals surface area (Å²) in [7, 11) is 2.86. The molecule has 2 rings (SSSR count). The van der Waals surface area contributed by atoms with E-state index in [2.05, 4.69) is 9.97 Å². The first-order valence-corrected chi connectivity index (χ1v) is 4.12. The van der Waals surface area contributed by atoms with Crippen molar-refractivity contribution in [2.24, 2.45) is 14.1 Å². The molecule has 7 nitrogen and oxygen atoms in total. The molecule has 0 amide bonds. The summed E-state index contributed by atoms with van der Waals surface area (Å²) in [6, 6.07) is 1.78. The van der Waals surface area contributed by atoms with Gasteiger partial charge in [0.25, 0.3) is 5.56 Å². The highest BCUT2D eigenvalue weighted by molar-refractivity contribution is 5.70. The number of aromatic amines is 1. The van der Waals surface area contributed by atoms with E-state index in [1.807, 2.05) is 0 Å². The van der Waals surface area contributed by atoms with Crippen molar-refractivity contribution in [3.63, 3.8) is 0 Å². The van der Waals surface area contributed by atoms with Gasteiger partial charge in [-0.15, -0.1) is 0 Å². The number of imidazole rings is 1. The monoisotopic (exact) mass is 205 g/mol. The molecule has 0 bridgehead atoms. The summed E-state index contributed by atoms with van der Waals surface area (Å²) in [6.45, 7) is 0. The first-order valence-electron chi connectivity index (χ1n) is 4.12. The van der Waals surface area contributed by atoms with Crippen molar-refractivity contribution in [2.45, 2.75) is 0 Å². The minimum absolute atomic E-state index is 0.0169. The quantitative estimate of drug-likeness (QED) is 0.586. The highest BCUT2D eigenvalue weighted by Gasteiger charge is 2.12. The molecule has 0 aliphatic heterocycles. The van der Waals surface area contributed by atoms with E-state index in [1.165, 1.54) is 18.7 Å². The Morgan fingerprint density at radius 2 is 2.00 bits per heavy atom. The van der Waals surface area contributed by atoms with Crippen molar-refractivity contribution in [1.82, 2.24) is 19.1 Å². The van der Waals surface area contributed by atoms with Crippen molar-refractivity contribution >= 4 is 11.2 Å². The van der Waals surface area contributed by atoms with Crippen molar-refractivity contribution in [3.8, 4) is 6.07 Å². The van der Waals surface area contributed by atoms with E-state index in [4.69, 9.17) is 5.26 Å². The van der Waals surface area contributed by atoms with Gasteiger partial charge < -0.3 is 4.98 Å². The molecule has 15 heavy (non-hydrogen) atoms. The summed E-state index contributed by atoms with van der Waals surface area (Å²) in [5.41, 5.74) is -0.596. The Kier molecular flexibility index (Phi) is 1.73. The summed E-state index contributed by atoms with van der Waals surface area (Å²) in [5, 5.41) is 8.62. The van der Waals surface area contributed by atoms with E-state index in [9.17, 15) is 9.59 Å². The molecule has 0 atom stereocenters. The Morgan fingerprint density at radius 1 is 1.33 bits per heavy atom. The normalized spacial score (nSPS) is 10.5. The highest BCUT2D eigenvalue weighted by Crippen LogP contribution is 2.02. The van der Waals surface area contributed by atoms with Crippen LogP contribution in [0, 0.1) is 11.3 Å². The molecule has 0 aliphatic carbocycles. The first kappa shape index (κ1) is 9.21. The van der Waals surface area contributed by atoms with Crippen LogP contribution in [0.3, 0.4) is 0 Å². The Hall–Kier alpha value is -2.36. The van der Waals surface area contributed by atoms with Gasteiger partial charge in [-0.05, 0) is 0 Å². The van der Waals surface area contributed by atoms with Crippen molar-refractivity contribution < 1.29 is 0 Å². The summed E-state index contributed by atoms with van der Waals surface area (Å²) in [6.07, 6.45) is 0. The molecule has 0 fully saturated rings. The summed E-state index contributed by atoms with van der Waals surface area (Å²) in [4.78, 5) is 29.5. The number of fused-ring (bicyclic) bond motifs is 1. The third kappa shape index (κ3) is 1.08. The van der Waals surface area contributed by atoms with Crippen molar-refractivity contribution in [3.05, 3.63) is 26.7 Å². The summed E-state index contributed by atoms with van der Waals surface area (Å²) in [5.74, 6) is 0.0169. The molecule has 1 N–H and O–H groups in total. The molecule has 2 heterocycles. The van der Waals surface area contributed by atoms with Crippen LogP contribution in [-0.2, 0) is 14.1 Å². The van der Waals surface area contributed by atoms with Crippen LogP contribution in [0.25, 0.3) is 11.2 Å². The van der Waals surface area contributed by atoms with Gasteiger partial charge in [0.05, 0.1) is 0 Å². The number of H-pyrrole nitrogens is 1. The molecule has 76 valence electrons. The zero-order valence-corrected chi connectivity index (χ0v) is 8.11. The Bertz CT molecular complexity index is 697. The number of hydrogen-bond acceptors (Lipinski definition) is 4. The second-order valence-corrected chi connectivity index (χ2v) is 3.10. The van der Waals surface area contributed by atoms with E-state index in [0.717, 1.165) is 4.57 Å². The predicted molar refractivity (Wildman–Crippen MR) is 51.3 cm³/mol. The van der Waals surface area contributed by atoms with E-state index in [1.54, 1.807) is 6.07 Å². The molecular weight excluding hydrogens is 198 g/mol. The van der Waals surface area contributed by atoms with Gasteiger partial charge in [0.2, 0.25) is 5.82 Å². The maximum Gasteiger partial charge on any atom is 0.332 e. The molecule has 0 radical (unpaired) electrons. The van der Waals surface area contributed by atoms with Crippen LogP contribution in [0.2, 0.25) is 0 Å². The lowest BCUT2D eigenvalue weighted by Crippen LogP contribution is -2.36. The van der Waals surface area contributed by atoms with Crippen LogP contribution < -0.4 is 11.2 Å². The molecule has 0 saturated carbocycles. The number of hydrogen-bond donors (Lipinski definition) is 1. The van der Waals surface area contributed by atoms with E-state index >= 15 is 0 Å². The maximum atomic E-state index is 11.6. The Labute approximate surface area is 83.2 Å². The molecule has 0 aromatic carbocycles. The smallest absolute Gasteiger partial charge is 0.324 e. The van der Waals surface area contributed by atoms with Gasteiger partial charge in [-0.3, -0.25) is 13.9 Å². The predicted octanol–water partition coefficient (Wildman–Crippen LogP) is -1.17. The fraction of sp³-hybridized carbons (Fsp3) is 0.250. The Balaban J connectivity index is 3.13. The molecular formula is C8H7N5O2. The zero-order valence-electron chi connectivity index (χ0n) is 8.11. The van der Waals surface area contributed by atoms with Crippen LogP contribution in [0.15, 0.2) is 9.59 Å². The number of aryl methyl sites for hydroxylation is 1.